The second-order valence-corrected chi connectivity index (χ2v) is 12.7. The number of nitrogens with one attached hydrogen (secondary N) is 1. The van der Waals surface area contributed by atoms with E-state index in [1.54, 1.807) is 24.3 Å². The topological polar surface area (TPSA) is 107 Å². The van der Waals surface area contributed by atoms with Crippen LogP contribution in [0.4, 0.5) is 14.5 Å². The molecule has 7 rings (SSSR count). The fraction of sp³-hybridized carbons (Fsp3) is 0.212. The summed E-state index contributed by atoms with van der Waals surface area (Å²) < 4.78 is 75.6. The molecule has 0 radical (unpaired) electrons. The van der Waals surface area contributed by atoms with Gasteiger partial charge in [-0.2, -0.15) is 4.98 Å². The number of aromatic nitrogens is 2. The lowest BCUT2D eigenvalue weighted by Gasteiger charge is -2.35. The Kier molecular flexibility index (Phi) is 6.84. The van der Waals surface area contributed by atoms with Crippen molar-refractivity contribution >= 4 is 37.6 Å². The summed E-state index contributed by atoms with van der Waals surface area (Å²) in [5.74, 6) is -0.614. The molecule has 0 aliphatic heterocycles. The summed E-state index contributed by atoms with van der Waals surface area (Å²) >= 11 is 0. The number of hydrogen-bond acceptors (Lipinski definition) is 7. The summed E-state index contributed by atoms with van der Waals surface area (Å²) in [5.41, 5.74) is 1.21. The molecular weight excluding hydrogens is 588 g/mol. The molecule has 44 heavy (non-hydrogen) atoms. The van der Waals surface area contributed by atoms with Gasteiger partial charge in [0.05, 0.1) is 23.1 Å². The van der Waals surface area contributed by atoms with Crippen LogP contribution in [0.5, 0.6) is 5.75 Å². The van der Waals surface area contributed by atoms with Crippen molar-refractivity contribution in [2.24, 2.45) is 0 Å². The van der Waals surface area contributed by atoms with Gasteiger partial charge in [0, 0.05) is 34.0 Å². The van der Waals surface area contributed by atoms with Crippen LogP contribution in [0.3, 0.4) is 0 Å². The van der Waals surface area contributed by atoms with E-state index in [0.717, 1.165) is 36.1 Å². The molecule has 1 fully saturated rings. The Labute approximate surface area is 251 Å². The average Bonchev–Trinajstić information content (AvgIpc) is 3.66. The first kappa shape index (κ1) is 28.0. The van der Waals surface area contributed by atoms with Crippen molar-refractivity contribution in [3.8, 4) is 17.2 Å². The maximum Gasteiger partial charge on any atom is 0.262 e. The van der Waals surface area contributed by atoms with Crippen LogP contribution in [0.2, 0.25) is 0 Å². The van der Waals surface area contributed by atoms with Crippen LogP contribution in [0.1, 0.15) is 43.5 Å². The van der Waals surface area contributed by atoms with E-state index in [-0.39, 0.29) is 22.3 Å². The third-order valence-electron chi connectivity index (χ3n) is 8.34. The first-order valence-corrected chi connectivity index (χ1v) is 15.7. The first-order chi connectivity index (χ1) is 21.3. The number of furan rings is 1. The molecule has 8 nitrogen and oxygen atoms in total. The normalized spacial score (nSPS) is 15.1. The highest BCUT2D eigenvalue weighted by Crippen LogP contribution is 2.45. The molecule has 2 aromatic heterocycles. The van der Waals surface area contributed by atoms with E-state index >= 15 is 4.39 Å². The predicted molar refractivity (Wildman–Crippen MR) is 161 cm³/mol. The quantitative estimate of drug-likeness (QED) is 0.194. The van der Waals surface area contributed by atoms with Crippen LogP contribution < -0.4 is 9.46 Å². The second kappa shape index (κ2) is 10.7. The summed E-state index contributed by atoms with van der Waals surface area (Å²) in [6.45, 7) is 0. The molecule has 0 spiro atoms. The van der Waals surface area contributed by atoms with Gasteiger partial charge >= 0.3 is 0 Å². The van der Waals surface area contributed by atoms with Crippen molar-refractivity contribution in [1.82, 2.24) is 10.1 Å². The van der Waals surface area contributed by atoms with Crippen molar-refractivity contribution in [3.63, 3.8) is 0 Å². The number of anilines is 1. The SMILES string of the molecule is COc1cc2c(cc1NS(=O)(=O)c1cccc(-c3nc(C4(c5ccc(F)cc5F)CCCCC4)no3)c1)oc1ccccc12. The summed E-state index contributed by atoms with van der Waals surface area (Å²) in [4.78, 5) is 4.58. The average molecular weight is 616 g/mol. The number of rotatable bonds is 7. The number of hydrogen-bond donors (Lipinski definition) is 1. The molecule has 11 heteroatoms. The highest BCUT2D eigenvalue weighted by molar-refractivity contribution is 7.92. The van der Waals surface area contributed by atoms with E-state index in [1.165, 1.54) is 31.4 Å². The molecule has 1 aliphatic carbocycles. The third kappa shape index (κ3) is 4.77. The first-order valence-electron chi connectivity index (χ1n) is 14.2. The minimum absolute atomic E-state index is 0.0431. The van der Waals surface area contributed by atoms with Crippen LogP contribution in [-0.2, 0) is 15.4 Å². The van der Waals surface area contributed by atoms with Gasteiger partial charge in [0.25, 0.3) is 15.9 Å². The van der Waals surface area contributed by atoms with Crippen molar-refractivity contribution in [1.29, 1.82) is 0 Å². The predicted octanol–water partition coefficient (Wildman–Crippen LogP) is 7.97. The highest BCUT2D eigenvalue weighted by Gasteiger charge is 2.42. The monoisotopic (exact) mass is 615 g/mol. The zero-order valence-corrected chi connectivity index (χ0v) is 24.5. The van der Waals surface area contributed by atoms with Gasteiger partial charge in [-0.1, -0.05) is 54.8 Å². The number of benzene rings is 4. The summed E-state index contributed by atoms with van der Waals surface area (Å²) in [6.07, 6.45) is 3.78. The number of fused-ring (bicyclic) bond motifs is 3. The third-order valence-corrected chi connectivity index (χ3v) is 9.71. The zero-order valence-electron chi connectivity index (χ0n) is 23.6. The smallest absolute Gasteiger partial charge is 0.262 e. The molecule has 1 aliphatic rings. The number of nitrogens with zero attached hydrogens (tertiary/aromatic N) is 2. The Balaban J connectivity index is 1.22. The van der Waals surface area contributed by atoms with E-state index in [9.17, 15) is 12.8 Å². The number of halogens is 2. The maximum absolute atomic E-state index is 15.0. The van der Waals surface area contributed by atoms with Gasteiger partial charge in [-0.3, -0.25) is 4.72 Å². The van der Waals surface area contributed by atoms with Crippen LogP contribution in [0, 0.1) is 11.6 Å². The molecule has 0 bridgehead atoms. The Morgan fingerprint density at radius 2 is 1.70 bits per heavy atom. The van der Waals surface area contributed by atoms with E-state index in [4.69, 9.17) is 13.7 Å². The van der Waals surface area contributed by atoms with Gasteiger partial charge in [0.1, 0.15) is 28.5 Å². The standard InChI is InChI=1S/C33H27F2N3O5S/c1-41-30-18-24-23-10-3-4-11-28(23)42-29(24)19-27(30)38-44(39,40)22-9-7-8-20(16-22)31-36-32(37-43-31)33(14-5-2-6-15-33)25-13-12-21(34)17-26(25)35/h3-4,7-13,16-19,38H,2,5-6,14-15H2,1H3. The molecule has 0 unspecified atom stereocenters. The van der Waals surface area contributed by atoms with Gasteiger partial charge in [-0.15, -0.1) is 0 Å². The fourth-order valence-electron chi connectivity index (χ4n) is 6.18. The maximum atomic E-state index is 15.0. The number of para-hydroxylation sites is 1. The molecule has 0 atom stereocenters. The molecule has 6 aromatic rings. The zero-order chi connectivity index (χ0) is 30.5. The van der Waals surface area contributed by atoms with Crippen LogP contribution >= 0.6 is 0 Å². The van der Waals surface area contributed by atoms with Crippen molar-refractivity contribution in [2.75, 3.05) is 11.8 Å². The number of sulfonamides is 1. The van der Waals surface area contributed by atoms with E-state index in [2.05, 4.69) is 14.9 Å². The van der Waals surface area contributed by atoms with Crippen LogP contribution in [-0.4, -0.2) is 25.7 Å². The lowest BCUT2D eigenvalue weighted by atomic mass is 9.68. The number of ether oxygens (including phenoxy) is 1. The molecule has 4 aromatic carbocycles. The molecule has 1 saturated carbocycles. The summed E-state index contributed by atoms with van der Waals surface area (Å²) in [7, 11) is -2.64. The van der Waals surface area contributed by atoms with Gasteiger partial charge in [0.15, 0.2) is 5.82 Å². The molecule has 1 N–H and O–H groups in total. The largest absolute Gasteiger partial charge is 0.495 e. The Morgan fingerprint density at radius 3 is 2.50 bits per heavy atom. The minimum atomic E-state index is -4.10. The van der Waals surface area contributed by atoms with E-state index in [0.29, 0.717) is 40.9 Å². The molecular formula is C33H27F2N3O5S. The van der Waals surface area contributed by atoms with Crippen molar-refractivity contribution < 1.29 is 30.9 Å². The lowest BCUT2D eigenvalue weighted by Crippen LogP contribution is -2.33. The fourth-order valence-corrected chi connectivity index (χ4v) is 7.29. The van der Waals surface area contributed by atoms with E-state index in [1.807, 2.05) is 24.3 Å². The van der Waals surface area contributed by atoms with Gasteiger partial charge in [-0.05, 0) is 49.2 Å². The highest BCUT2D eigenvalue weighted by atomic mass is 32.2. The minimum Gasteiger partial charge on any atom is -0.495 e. The Bertz CT molecular complexity index is 2130. The van der Waals surface area contributed by atoms with Crippen LogP contribution in [0.25, 0.3) is 33.4 Å². The summed E-state index contributed by atoms with van der Waals surface area (Å²) in [5, 5.41) is 5.90. The second-order valence-electron chi connectivity index (χ2n) is 11.0. The Hall–Kier alpha value is -4.77. The molecule has 224 valence electrons. The molecule has 0 amide bonds. The summed E-state index contributed by atoms with van der Waals surface area (Å²) in [6, 6.07) is 20.5. The van der Waals surface area contributed by atoms with Gasteiger partial charge < -0.3 is 13.7 Å². The van der Waals surface area contributed by atoms with Gasteiger partial charge in [0.2, 0.25) is 0 Å². The van der Waals surface area contributed by atoms with Crippen LogP contribution in [0.15, 0.2) is 92.7 Å². The van der Waals surface area contributed by atoms with Gasteiger partial charge in [-0.25, -0.2) is 17.2 Å². The van der Waals surface area contributed by atoms with Crippen molar-refractivity contribution in [2.45, 2.75) is 42.4 Å². The van der Waals surface area contributed by atoms with E-state index < -0.39 is 27.1 Å². The lowest BCUT2D eigenvalue weighted by molar-refractivity contribution is 0.305. The van der Waals surface area contributed by atoms with Crippen molar-refractivity contribution in [3.05, 3.63) is 102 Å². The number of methoxy groups -OCH3 is 1. The molecule has 2 heterocycles. The Morgan fingerprint density at radius 1 is 0.886 bits per heavy atom. The molecule has 0 saturated heterocycles.